The summed E-state index contributed by atoms with van der Waals surface area (Å²) >= 11 is 0. The lowest BCUT2D eigenvalue weighted by molar-refractivity contribution is 0.483. The van der Waals surface area contributed by atoms with E-state index in [0.29, 0.717) is 12.2 Å². The van der Waals surface area contributed by atoms with Gasteiger partial charge in [0.05, 0.1) is 0 Å². The monoisotopic (exact) mass is 300 g/mol. The molecule has 108 valence electrons. The number of benzene rings is 2. The van der Waals surface area contributed by atoms with E-state index in [1.165, 1.54) is 0 Å². The number of fused-ring (bicyclic) bond motifs is 1. The Balaban J connectivity index is 1.95. The van der Waals surface area contributed by atoms with Crippen LogP contribution in [0.25, 0.3) is 0 Å². The molecule has 0 saturated heterocycles. The summed E-state index contributed by atoms with van der Waals surface area (Å²) in [5.41, 5.74) is 3.08. The first-order valence-corrected chi connectivity index (χ1v) is 8.24. The number of hydrogen-bond donors (Lipinski definition) is 0. The Bertz CT molecular complexity index is 787. The van der Waals surface area contributed by atoms with Gasteiger partial charge in [0.2, 0.25) is 0 Å². The van der Waals surface area contributed by atoms with Gasteiger partial charge in [0.1, 0.15) is 10.6 Å². The van der Waals surface area contributed by atoms with Crippen LogP contribution in [-0.2, 0) is 23.0 Å². The standard InChI is InChI=1S/C17H16O3S/c1-13-9-11-15(12-10-13)21(18,19)20-17-8-4-6-14-5-2-3-7-16(14)17/h2-4,6,8-12H,5,7H2,1H3. The van der Waals surface area contributed by atoms with Gasteiger partial charge in [0.25, 0.3) is 0 Å². The molecule has 0 unspecified atom stereocenters. The third kappa shape index (κ3) is 2.85. The topological polar surface area (TPSA) is 43.4 Å². The second kappa shape index (κ2) is 5.37. The highest BCUT2D eigenvalue weighted by molar-refractivity contribution is 7.87. The van der Waals surface area contributed by atoms with Gasteiger partial charge in [-0.1, -0.05) is 42.0 Å². The molecule has 0 aliphatic heterocycles. The van der Waals surface area contributed by atoms with Crippen LogP contribution in [0.1, 0.15) is 16.7 Å². The number of allylic oxidation sites excluding steroid dienone is 2. The average Bonchev–Trinajstić information content (AvgIpc) is 2.48. The van der Waals surface area contributed by atoms with E-state index < -0.39 is 10.1 Å². The zero-order chi connectivity index (χ0) is 14.9. The first-order chi connectivity index (χ1) is 10.1. The molecule has 0 atom stereocenters. The van der Waals surface area contributed by atoms with E-state index in [9.17, 15) is 8.42 Å². The van der Waals surface area contributed by atoms with Crippen molar-refractivity contribution in [2.45, 2.75) is 24.7 Å². The second-order valence-electron chi connectivity index (χ2n) is 5.12. The van der Waals surface area contributed by atoms with Crippen molar-refractivity contribution in [2.24, 2.45) is 0 Å². The van der Waals surface area contributed by atoms with Gasteiger partial charge in [-0.2, -0.15) is 8.42 Å². The molecule has 3 nitrogen and oxygen atoms in total. The van der Waals surface area contributed by atoms with E-state index >= 15 is 0 Å². The summed E-state index contributed by atoms with van der Waals surface area (Å²) in [7, 11) is -3.79. The zero-order valence-corrected chi connectivity index (χ0v) is 12.6. The Morgan fingerprint density at radius 3 is 2.43 bits per heavy atom. The maximum atomic E-state index is 12.4. The molecule has 2 aromatic carbocycles. The Morgan fingerprint density at radius 1 is 0.952 bits per heavy atom. The number of aryl methyl sites for hydroxylation is 1. The van der Waals surface area contributed by atoms with Crippen LogP contribution in [-0.4, -0.2) is 8.42 Å². The van der Waals surface area contributed by atoms with Gasteiger partial charge in [-0.3, -0.25) is 0 Å². The van der Waals surface area contributed by atoms with Crippen LogP contribution < -0.4 is 4.18 Å². The fourth-order valence-electron chi connectivity index (χ4n) is 2.39. The molecule has 1 aliphatic rings. The molecule has 0 spiro atoms. The van der Waals surface area contributed by atoms with Gasteiger partial charge in [-0.25, -0.2) is 0 Å². The molecule has 21 heavy (non-hydrogen) atoms. The lowest BCUT2D eigenvalue weighted by Gasteiger charge is -2.16. The second-order valence-corrected chi connectivity index (χ2v) is 6.67. The van der Waals surface area contributed by atoms with E-state index in [0.717, 1.165) is 23.1 Å². The summed E-state index contributed by atoms with van der Waals surface area (Å²) < 4.78 is 30.1. The summed E-state index contributed by atoms with van der Waals surface area (Å²) in [5, 5.41) is 0. The molecule has 1 aliphatic carbocycles. The normalized spacial score (nSPS) is 13.8. The van der Waals surface area contributed by atoms with Crippen LogP contribution in [0.3, 0.4) is 0 Å². The number of hydrogen-bond acceptors (Lipinski definition) is 3. The zero-order valence-electron chi connectivity index (χ0n) is 11.7. The Kier molecular flexibility index (Phi) is 3.55. The van der Waals surface area contributed by atoms with Crippen molar-refractivity contribution in [3.63, 3.8) is 0 Å². The molecule has 0 fully saturated rings. The van der Waals surface area contributed by atoms with E-state index in [2.05, 4.69) is 6.08 Å². The van der Waals surface area contributed by atoms with E-state index in [1.807, 2.05) is 25.1 Å². The van der Waals surface area contributed by atoms with Gasteiger partial charge < -0.3 is 4.18 Å². The minimum absolute atomic E-state index is 0.178. The summed E-state index contributed by atoms with van der Waals surface area (Å²) in [6.45, 7) is 1.91. The smallest absolute Gasteiger partial charge is 0.339 e. The van der Waals surface area contributed by atoms with Crippen molar-refractivity contribution in [1.29, 1.82) is 0 Å². The van der Waals surface area contributed by atoms with Crippen LogP contribution in [0.4, 0.5) is 0 Å². The van der Waals surface area contributed by atoms with Crippen LogP contribution in [0.5, 0.6) is 5.75 Å². The third-order valence-electron chi connectivity index (χ3n) is 3.57. The van der Waals surface area contributed by atoms with Crippen LogP contribution in [0.15, 0.2) is 59.5 Å². The van der Waals surface area contributed by atoms with Crippen LogP contribution >= 0.6 is 0 Å². The summed E-state index contributed by atoms with van der Waals surface area (Å²) in [6.07, 6.45) is 5.64. The molecular formula is C17H16O3S. The molecular weight excluding hydrogens is 284 g/mol. The molecule has 0 saturated carbocycles. The largest absolute Gasteiger partial charge is 0.379 e. The lowest BCUT2D eigenvalue weighted by Crippen LogP contribution is -2.12. The Hall–Kier alpha value is -2.07. The van der Waals surface area contributed by atoms with Gasteiger partial charge in [0.15, 0.2) is 0 Å². The van der Waals surface area contributed by atoms with Crippen molar-refractivity contribution in [3.05, 3.63) is 71.3 Å². The fourth-order valence-corrected chi connectivity index (χ4v) is 3.35. The molecule has 0 radical (unpaired) electrons. The van der Waals surface area contributed by atoms with Crippen molar-refractivity contribution < 1.29 is 12.6 Å². The highest BCUT2D eigenvalue weighted by Crippen LogP contribution is 2.29. The first kappa shape index (κ1) is 13.9. The van der Waals surface area contributed by atoms with Gasteiger partial charge >= 0.3 is 10.1 Å². The van der Waals surface area contributed by atoms with Gasteiger partial charge in [-0.15, -0.1) is 0 Å². The SMILES string of the molecule is Cc1ccc(S(=O)(=O)Oc2cccc3c2CC=CC3)cc1. The van der Waals surface area contributed by atoms with E-state index in [-0.39, 0.29) is 4.90 Å². The minimum Gasteiger partial charge on any atom is -0.379 e. The molecule has 4 heteroatoms. The van der Waals surface area contributed by atoms with Crippen molar-refractivity contribution >= 4 is 10.1 Å². The third-order valence-corrected chi connectivity index (χ3v) is 4.81. The minimum atomic E-state index is -3.79. The predicted octanol–water partition coefficient (Wildman–Crippen LogP) is 3.42. The fraction of sp³-hybridized carbons (Fsp3) is 0.176. The molecule has 0 aromatic heterocycles. The Labute approximate surface area is 125 Å². The molecule has 0 bridgehead atoms. The predicted molar refractivity (Wildman–Crippen MR) is 82.0 cm³/mol. The van der Waals surface area contributed by atoms with E-state index in [1.54, 1.807) is 30.3 Å². The molecule has 2 aromatic rings. The first-order valence-electron chi connectivity index (χ1n) is 6.83. The average molecular weight is 300 g/mol. The van der Waals surface area contributed by atoms with Crippen LogP contribution in [0, 0.1) is 6.92 Å². The molecule has 0 heterocycles. The molecule has 3 rings (SSSR count). The van der Waals surface area contributed by atoms with Crippen molar-refractivity contribution in [3.8, 4) is 5.75 Å². The molecule has 0 amide bonds. The van der Waals surface area contributed by atoms with Crippen LogP contribution in [0.2, 0.25) is 0 Å². The van der Waals surface area contributed by atoms with E-state index in [4.69, 9.17) is 4.18 Å². The number of rotatable bonds is 3. The van der Waals surface area contributed by atoms with Gasteiger partial charge in [-0.05, 0) is 43.5 Å². The summed E-state index contributed by atoms with van der Waals surface area (Å²) in [4.78, 5) is 0.178. The highest BCUT2D eigenvalue weighted by Gasteiger charge is 2.19. The Morgan fingerprint density at radius 2 is 1.67 bits per heavy atom. The van der Waals surface area contributed by atoms with Crippen molar-refractivity contribution in [1.82, 2.24) is 0 Å². The summed E-state index contributed by atoms with van der Waals surface area (Å²) in [5.74, 6) is 0.428. The maximum absolute atomic E-state index is 12.4. The maximum Gasteiger partial charge on any atom is 0.339 e. The lowest BCUT2D eigenvalue weighted by atomic mass is 9.96. The summed E-state index contributed by atoms with van der Waals surface area (Å²) in [6, 6.07) is 12.2. The molecule has 0 N–H and O–H groups in total. The van der Waals surface area contributed by atoms with Crippen molar-refractivity contribution in [2.75, 3.05) is 0 Å². The quantitative estimate of drug-likeness (QED) is 0.644. The highest BCUT2D eigenvalue weighted by atomic mass is 32.2. The van der Waals surface area contributed by atoms with Gasteiger partial charge in [0, 0.05) is 5.56 Å².